The molecular weight excluding hydrogens is 241 g/mol. The summed E-state index contributed by atoms with van der Waals surface area (Å²) in [5.41, 5.74) is 0.00458. The molecule has 0 aliphatic heterocycles. The van der Waals surface area contributed by atoms with Gasteiger partial charge in [-0.15, -0.1) is 11.3 Å². The number of aromatic nitrogens is 1. The maximum atomic E-state index is 13.4. The zero-order valence-corrected chi connectivity index (χ0v) is 9.33. The summed E-state index contributed by atoms with van der Waals surface area (Å²) in [7, 11) is 0. The van der Waals surface area contributed by atoms with Crippen molar-refractivity contribution in [2.24, 2.45) is 0 Å². The number of rotatable bonds is 1. The Hall–Kier alpha value is -2.01. The molecule has 0 amide bonds. The van der Waals surface area contributed by atoms with Crippen molar-refractivity contribution in [3.63, 3.8) is 0 Å². The van der Waals surface area contributed by atoms with Crippen molar-refractivity contribution in [3.8, 4) is 10.8 Å². The average Bonchev–Trinajstić information content (AvgIpc) is 2.75. The third-order valence-electron chi connectivity index (χ3n) is 2.35. The Morgan fingerprint density at radius 2 is 2.06 bits per heavy atom. The van der Waals surface area contributed by atoms with E-state index in [1.807, 2.05) is 0 Å². The van der Waals surface area contributed by atoms with Crippen LogP contribution in [0.3, 0.4) is 0 Å². The molecule has 0 saturated heterocycles. The van der Waals surface area contributed by atoms with Gasteiger partial charge in [-0.05, 0) is 23.6 Å². The third kappa shape index (κ3) is 1.64. The molecule has 0 spiro atoms. The lowest BCUT2D eigenvalue weighted by atomic mass is 10.2. The van der Waals surface area contributed by atoms with Crippen molar-refractivity contribution in [3.05, 3.63) is 51.9 Å². The molecule has 17 heavy (non-hydrogen) atoms. The van der Waals surface area contributed by atoms with Crippen LogP contribution in [0.1, 0.15) is 0 Å². The molecule has 0 aliphatic rings. The molecule has 2 heterocycles. The van der Waals surface area contributed by atoms with E-state index in [1.165, 1.54) is 6.07 Å². The first-order valence-corrected chi connectivity index (χ1v) is 5.77. The fourth-order valence-electron chi connectivity index (χ4n) is 1.56. The van der Waals surface area contributed by atoms with E-state index in [4.69, 9.17) is 4.42 Å². The fourth-order valence-corrected chi connectivity index (χ4v) is 2.25. The number of hydrogen-bond donors (Lipinski definition) is 0. The second-order valence-corrected chi connectivity index (χ2v) is 4.34. The number of para-hydroxylation sites is 1. The average molecular weight is 247 g/mol. The van der Waals surface area contributed by atoms with E-state index in [-0.39, 0.29) is 10.8 Å². The lowest BCUT2D eigenvalue weighted by Crippen LogP contribution is -2.02. The van der Waals surface area contributed by atoms with Crippen LogP contribution in [0.25, 0.3) is 21.7 Å². The molecule has 3 rings (SSSR count). The van der Waals surface area contributed by atoms with Crippen LogP contribution in [0.5, 0.6) is 0 Å². The molecule has 0 N–H and O–H groups in total. The van der Waals surface area contributed by atoms with Crippen LogP contribution in [0.4, 0.5) is 4.39 Å². The first-order chi connectivity index (χ1) is 8.25. The Morgan fingerprint density at radius 3 is 2.82 bits per heavy atom. The Bertz CT molecular complexity index is 747. The van der Waals surface area contributed by atoms with E-state index in [0.717, 1.165) is 11.3 Å². The van der Waals surface area contributed by atoms with Gasteiger partial charge < -0.3 is 4.42 Å². The summed E-state index contributed by atoms with van der Waals surface area (Å²) in [5.74, 6) is -0.401. The van der Waals surface area contributed by atoms with E-state index in [0.29, 0.717) is 10.9 Å². The van der Waals surface area contributed by atoms with Crippen molar-refractivity contribution in [1.29, 1.82) is 0 Å². The molecule has 0 aliphatic carbocycles. The van der Waals surface area contributed by atoms with Gasteiger partial charge in [0.15, 0.2) is 0 Å². The zero-order chi connectivity index (χ0) is 11.8. The summed E-state index contributed by atoms with van der Waals surface area (Å²) >= 11 is 1.15. The van der Waals surface area contributed by atoms with Crippen LogP contribution in [0, 0.1) is 5.82 Å². The van der Waals surface area contributed by atoms with Gasteiger partial charge in [0.2, 0.25) is 5.89 Å². The van der Waals surface area contributed by atoms with Gasteiger partial charge in [0, 0.05) is 0 Å². The normalized spacial score (nSPS) is 10.9. The number of nitrogens with zero attached hydrogens (tertiary/aromatic N) is 1. The highest BCUT2D eigenvalue weighted by Gasteiger charge is 2.13. The van der Waals surface area contributed by atoms with Gasteiger partial charge in [-0.25, -0.2) is 14.2 Å². The van der Waals surface area contributed by atoms with Crippen LogP contribution in [-0.2, 0) is 0 Å². The first kappa shape index (κ1) is 10.2. The van der Waals surface area contributed by atoms with Gasteiger partial charge >= 0.3 is 5.63 Å². The molecule has 2 aromatic heterocycles. The summed E-state index contributed by atoms with van der Waals surface area (Å²) < 4.78 is 18.4. The topological polar surface area (TPSA) is 43.1 Å². The van der Waals surface area contributed by atoms with Crippen LogP contribution >= 0.6 is 11.3 Å². The Morgan fingerprint density at radius 1 is 1.24 bits per heavy atom. The molecule has 0 atom stereocenters. The van der Waals surface area contributed by atoms with Crippen molar-refractivity contribution in [2.45, 2.75) is 0 Å². The molecule has 1 aromatic carbocycles. The number of thiophene rings is 1. The third-order valence-corrected chi connectivity index (χ3v) is 3.22. The number of fused-ring (bicyclic) bond motifs is 1. The van der Waals surface area contributed by atoms with E-state index in [1.54, 1.807) is 29.6 Å². The summed E-state index contributed by atoms with van der Waals surface area (Å²) in [6.07, 6.45) is 0. The van der Waals surface area contributed by atoms with Gasteiger partial charge in [0.05, 0.1) is 10.9 Å². The quantitative estimate of drug-likeness (QED) is 0.663. The highest BCUT2D eigenvalue weighted by atomic mass is 32.1. The van der Waals surface area contributed by atoms with Crippen molar-refractivity contribution >= 4 is 22.2 Å². The van der Waals surface area contributed by atoms with Gasteiger partial charge in [0.1, 0.15) is 10.7 Å². The fraction of sp³-hybridized carbons (Fsp3) is 0. The molecule has 0 saturated carbocycles. The minimum atomic E-state index is -0.501. The molecular formula is C12H6FNO2S. The second-order valence-electron chi connectivity index (χ2n) is 3.42. The van der Waals surface area contributed by atoms with E-state index in [9.17, 15) is 9.18 Å². The van der Waals surface area contributed by atoms with Crippen molar-refractivity contribution < 1.29 is 8.81 Å². The lowest BCUT2D eigenvalue weighted by molar-refractivity contribution is 0.514. The lowest BCUT2D eigenvalue weighted by Gasteiger charge is -1.98. The zero-order valence-electron chi connectivity index (χ0n) is 8.51. The first-order valence-electron chi connectivity index (χ1n) is 4.89. The van der Waals surface area contributed by atoms with Crippen LogP contribution < -0.4 is 5.63 Å². The molecule has 3 nitrogen and oxygen atoms in total. The maximum absolute atomic E-state index is 13.4. The summed E-state index contributed by atoms with van der Waals surface area (Å²) in [4.78, 5) is 16.1. The highest BCUT2D eigenvalue weighted by Crippen LogP contribution is 2.26. The monoisotopic (exact) mass is 247 g/mol. The Kier molecular flexibility index (Phi) is 2.26. The number of halogens is 1. The van der Waals surface area contributed by atoms with E-state index >= 15 is 0 Å². The van der Waals surface area contributed by atoms with Gasteiger partial charge in [-0.2, -0.15) is 0 Å². The molecule has 0 bridgehead atoms. The predicted octanol–water partition coefficient (Wildman–Crippen LogP) is 3.06. The standard InChI is InChI=1S/C12H6FNO2S/c13-8-5-6-17-10(8)11-14-9-4-2-1-3-7(9)12(15)16-11/h1-6H. The Labute approximate surface area is 99.2 Å². The smallest absolute Gasteiger partial charge is 0.347 e. The number of hydrogen-bond acceptors (Lipinski definition) is 4. The Balaban J connectivity index is 2.33. The van der Waals surface area contributed by atoms with Crippen LogP contribution in [0.2, 0.25) is 0 Å². The molecule has 84 valence electrons. The minimum Gasteiger partial charge on any atom is -0.402 e. The summed E-state index contributed by atoms with van der Waals surface area (Å²) in [6.45, 7) is 0. The largest absolute Gasteiger partial charge is 0.402 e. The highest BCUT2D eigenvalue weighted by molar-refractivity contribution is 7.13. The van der Waals surface area contributed by atoms with Crippen LogP contribution in [0.15, 0.2) is 44.9 Å². The predicted molar refractivity (Wildman–Crippen MR) is 63.6 cm³/mol. The van der Waals surface area contributed by atoms with Gasteiger partial charge in [-0.3, -0.25) is 0 Å². The van der Waals surface area contributed by atoms with E-state index < -0.39 is 11.4 Å². The van der Waals surface area contributed by atoms with Gasteiger partial charge in [0.25, 0.3) is 0 Å². The molecule has 5 heteroatoms. The second kappa shape index (κ2) is 3.78. The molecule has 3 aromatic rings. The van der Waals surface area contributed by atoms with Gasteiger partial charge in [-0.1, -0.05) is 12.1 Å². The van der Waals surface area contributed by atoms with Crippen molar-refractivity contribution in [2.75, 3.05) is 0 Å². The SMILES string of the molecule is O=c1oc(-c2sccc2F)nc2ccccc12. The van der Waals surface area contributed by atoms with E-state index in [2.05, 4.69) is 4.98 Å². The number of benzene rings is 1. The molecule has 0 fully saturated rings. The minimum absolute atomic E-state index is 0.0289. The summed E-state index contributed by atoms with van der Waals surface area (Å²) in [5, 5.41) is 1.98. The maximum Gasteiger partial charge on any atom is 0.347 e. The molecule has 0 unspecified atom stereocenters. The van der Waals surface area contributed by atoms with Crippen LogP contribution in [-0.4, -0.2) is 4.98 Å². The van der Waals surface area contributed by atoms with Crippen molar-refractivity contribution in [1.82, 2.24) is 4.98 Å². The molecule has 0 radical (unpaired) electrons. The summed E-state index contributed by atoms with van der Waals surface area (Å²) in [6, 6.07) is 8.14.